The molecule has 2 aromatic carbocycles. The third-order valence-corrected chi connectivity index (χ3v) is 4.55. The van der Waals surface area contributed by atoms with E-state index in [1.165, 1.54) is 6.92 Å². The highest BCUT2D eigenvalue weighted by atomic mass is 79.9. The summed E-state index contributed by atoms with van der Waals surface area (Å²) in [6.45, 7) is 1.47. The first-order valence-electron chi connectivity index (χ1n) is 7.30. The molecule has 0 bridgehead atoms. The minimum absolute atomic E-state index is 0.00478. The lowest BCUT2D eigenvalue weighted by atomic mass is 10.1. The Labute approximate surface area is 157 Å². The zero-order valence-electron chi connectivity index (χ0n) is 13.0. The summed E-state index contributed by atoms with van der Waals surface area (Å²) in [5.74, 6) is -1.18. The number of ketones is 1. The summed E-state index contributed by atoms with van der Waals surface area (Å²) in [7, 11) is 0. The predicted octanol–water partition coefficient (Wildman–Crippen LogP) is 4.09. The van der Waals surface area contributed by atoms with Gasteiger partial charge in [0.2, 0.25) is 0 Å². The van der Waals surface area contributed by atoms with Crippen molar-refractivity contribution in [3.63, 3.8) is 0 Å². The molecule has 1 aliphatic heterocycles. The van der Waals surface area contributed by atoms with E-state index in [-0.39, 0.29) is 16.5 Å². The number of nitrogens with zero attached hydrogens (tertiary/aromatic N) is 1. The minimum Gasteiger partial charge on any atom is -0.350 e. The van der Waals surface area contributed by atoms with Gasteiger partial charge in [-0.25, -0.2) is 4.90 Å². The van der Waals surface area contributed by atoms with Crippen LogP contribution in [0.15, 0.2) is 63.7 Å². The summed E-state index contributed by atoms with van der Waals surface area (Å²) in [5, 5.41) is 2.69. The highest BCUT2D eigenvalue weighted by Crippen LogP contribution is 2.30. The van der Waals surface area contributed by atoms with Gasteiger partial charge in [-0.15, -0.1) is 0 Å². The van der Waals surface area contributed by atoms with E-state index in [1.807, 2.05) is 0 Å². The lowest BCUT2D eigenvalue weighted by Crippen LogP contribution is -2.32. The summed E-state index contributed by atoms with van der Waals surface area (Å²) in [5.41, 5.74) is 1.54. The molecule has 0 fully saturated rings. The topological polar surface area (TPSA) is 66.5 Å². The van der Waals surface area contributed by atoms with Gasteiger partial charge in [0.1, 0.15) is 10.7 Å². The molecule has 2 amide bonds. The van der Waals surface area contributed by atoms with Crippen LogP contribution in [0.4, 0.5) is 11.4 Å². The van der Waals surface area contributed by atoms with Gasteiger partial charge >= 0.3 is 0 Å². The average molecular weight is 420 g/mol. The maximum Gasteiger partial charge on any atom is 0.283 e. The number of amides is 2. The maximum absolute atomic E-state index is 12.6. The molecule has 3 rings (SSSR count). The smallest absolute Gasteiger partial charge is 0.283 e. The van der Waals surface area contributed by atoms with Crippen molar-refractivity contribution in [2.24, 2.45) is 0 Å². The number of nitrogens with one attached hydrogen (secondary N) is 1. The number of imide groups is 1. The van der Waals surface area contributed by atoms with Gasteiger partial charge < -0.3 is 5.32 Å². The average Bonchev–Trinajstić information content (AvgIpc) is 2.80. The molecule has 1 N–H and O–H groups in total. The van der Waals surface area contributed by atoms with Crippen LogP contribution in [0.3, 0.4) is 0 Å². The number of hydrogen-bond acceptors (Lipinski definition) is 4. The third-order valence-electron chi connectivity index (χ3n) is 3.67. The Bertz CT molecular complexity index is 905. The molecule has 0 saturated carbocycles. The molecule has 0 spiro atoms. The quantitative estimate of drug-likeness (QED) is 0.599. The number of Topliss-reactive ketones (excluding diaryl/α,β-unsaturated/α-hetero) is 1. The molecule has 0 radical (unpaired) electrons. The first kappa shape index (κ1) is 17.4. The highest BCUT2D eigenvalue weighted by molar-refractivity contribution is 9.10. The molecule has 1 aliphatic rings. The van der Waals surface area contributed by atoms with Gasteiger partial charge in [0.25, 0.3) is 11.8 Å². The van der Waals surface area contributed by atoms with E-state index in [2.05, 4.69) is 21.2 Å². The van der Waals surface area contributed by atoms with Crippen LogP contribution in [0.2, 0.25) is 0 Å². The van der Waals surface area contributed by atoms with E-state index in [1.54, 1.807) is 48.5 Å². The number of carbonyl (C=O) groups is 3. The molecule has 0 atom stereocenters. The Morgan fingerprint density at radius 1 is 1.00 bits per heavy atom. The molecule has 0 saturated heterocycles. The van der Waals surface area contributed by atoms with Gasteiger partial charge in [0, 0.05) is 15.7 Å². The van der Waals surface area contributed by atoms with E-state index >= 15 is 0 Å². The molecule has 0 aromatic heterocycles. The van der Waals surface area contributed by atoms with Crippen molar-refractivity contribution in [2.45, 2.75) is 6.92 Å². The van der Waals surface area contributed by atoms with Crippen LogP contribution in [-0.4, -0.2) is 17.6 Å². The Balaban J connectivity index is 1.86. The number of benzene rings is 2. The first-order chi connectivity index (χ1) is 11.9. The molecule has 1 heterocycles. The zero-order chi connectivity index (χ0) is 18.1. The minimum atomic E-state index is -0.586. The van der Waals surface area contributed by atoms with Crippen LogP contribution < -0.4 is 10.2 Å². The second kappa shape index (κ2) is 6.82. The van der Waals surface area contributed by atoms with E-state index < -0.39 is 11.8 Å². The van der Waals surface area contributed by atoms with Crippen LogP contribution in [0.5, 0.6) is 0 Å². The van der Waals surface area contributed by atoms with E-state index in [4.69, 9.17) is 11.6 Å². The van der Waals surface area contributed by atoms with Crippen LogP contribution in [0.25, 0.3) is 0 Å². The van der Waals surface area contributed by atoms with E-state index in [0.29, 0.717) is 16.9 Å². The summed E-state index contributed by atoms with van der Waals surface area (Å²) < 4.78 is 0.832. The van der Waals surface area contributed by atoms with E-state index in [0.717, 1.165) is 9.37 Å². The first-order valence-corrected chi connectivity index (χ1v) is 8.47. The second-order valence-corrected chi connectivity index (χ2v) is 6.66. The van der Waals surface area contributed by atoms with Gasteiger partial charge in [-0.05, 0) is 55.5 Å². The summed E-state index contributed by atoms with van der Waals surface area (Å²) in [6.07, 6.45) is 0. The molecule has 25 heavy (non-hydrogen) atoms. The molecule has 7 heteroatoms. The molecule has 0 aliphatic carbocycles. The Kier molecular flexibility index (Phi) is 4.74. The summed E-state index contributed by atoms with van der Waals surface area (Å²) in [4.78, 5) is 37.3. The van der Waals surface area contributed by atoms with Gasteiger partial charge in [0.05, 0.1) is 5.69 Å². The van der Waals surface area contributed by atoms with Crippen LogP contribution in [-0.2, 0) is 9.59 Å². The number of halogens is 2. The maximum atomic E-state index is 12.6. The van der Waals surface area contributed by atoms with Gasteiger partial charge in [-0.1, -0.05) is 27.5 Å². The van der Waals surface area contributed by atoms with Crippen molar-refractivity contribution in [2.75, 3.05) is 10.2 Å². The van der Waals surface area contributed by atoms with Crippen molar-refractivity contribution in [3.05, 3.63) is 69.3 Å². The van der Waals surface area contributed by atoms with Crippen LogP contribution >= 0.6 is 27.5 Å². The fourth-order valence-electron chi connectivity index (χ4n) is 2.37. The molecular weight excluding hydrogens is 408 g/mol. The van der Waals surface area contributed by atoms with Gasteiger partial charge in [0.15, 0.2) is 5.78 Å². The second-order valence-electron chi connectivity index (χ2n) is 5.37. The fraction of sp³-hybridized carbons (Fsp3) is 0.0556. The Morgan fingerprint density at radius 2 is 1.60 bits per heavy atom. The lowest BCUT2D eigenvalue weighted by Gasteiger charge is -2.15. The number of rotatable bonds is 4. The van der Waals surface area contributed by atoms with Crippen molar-refractivity contribution in [1.82, 2.24) is 0 Å². The van der Waals surface area contributed by atoms with Gasteiger partial charge in [-0.3, -0.25) is 14.4 Å². The van der Waals surface area contributed by atoms with Crippen molar-refractivity contribution in [3.8, 4) is 0 Å². The number of carbonyl (C=O) groups excluding carboxylic acids is 3. The highest BCUT2D eigenvalue weighted by Gasteiger charge is 2.38. The Hall–Kier alpha value is -2.44. The zero-order valence-corrected chi connectivity index (χ0v) is 15.4. The molecular formula is C18H12BrClN2O3. The SMILES string of the molecule is CC(=O)c1ccc(NC2=C(Cl)C(=O)N(c3ccc(Br)cc3)C2=O)cc1. The lowest BCUT2D eigenvalue weighted by molar-refractivity contribution is -0.120. The summed E-state index contributed by atoms with van der Waals surface area (Å²) >= 11 is 9.38. The third kappa shape index (κ3) is 3.36. The van der Waals surface area contributed by atoms with Crippen molar-refractivity contribution in [1.29, 1.82) is 0 Å². The molecule has 2 aromatic rings. The van der Waals surface area contributed by atoms with Crippen molar-refractivity contribution < 1.29 is 14.4 Å². The molecule has 0 unspecified atom stereocenters. The normalized spacial score (nSPS) is 14.3. The van der Waals surface area contributed by atoms with Crippen LogP contribution in [0, 0.1) is 0 Å². The molecule has 5 nitrogen and oxygen atoms in total. The molecule has 126 valence electrons. The predicted molar refractivity (Wildman–Crippen MR) is 99.6 cm³/mol. The van der Waals surface area contributed by atoms with Crippen molar-refractivity contribution >= 4 is 56.5 Å². The standard InChI is InChI=1S/C18H12BrClN2O3/c1-10(23)11-2-6-13(7-3-11)21-16-15(20)17(24)22(18(16)25)14-8-4-12(19)5-9-14/h2-9,21H,1H3. The number of anilines is 2. The van der Waals surface area contributed by atoms with Gasteiger partial charge in [-0.2, -0.15) is 0 Å². The summed E-state index contributed by atoms with van der Waals surface area (Å²) in [6, 6.07) is 13.3. The monoisotopic (exact) mass is 418 g/mol. The fourth-order valence-corrected chi connectivity index (χ4v) is 2.85. The van der Waals surface area contributed by atoms with E-state index in [9.17, 15) is 14.4 Å². The Morgan fingerprint density at radius 3 is 2.16 bits per heavy atom. The largest absolute Gasteiger partial charge is 0.350 e. The number of hydrogen-bond donors (Lipinski definition) is 1. The van der Waals surface area contributed by atoms with Crippen LogP contribution in [0.1, 0.15) is 17.3 Å².